The highest BCUT2D eigenvalue weighted by atomic mass is 32.2. The Balaban J connectivity index is 3.16. The molecule has 2 unspecified atom stereocenters. The highest BCUT2D eigenvalue weighted by Crippen LogP contribution is 2.00. The van der Waals surface area contributed by atoms with Crippen LogP contribution >= 0.6 is 0 Å². The molecule has 9 heavy (non-hydrogen) atoms. The number of hydrogen-bond donors (Lipinski definition) is 0. The van der Waals surface area contributed by atoms with Crippen LogP contribution in [0.1, 0.15) is 20.3 Å². The van der Waals surface area contributed by atoms with E-state index in [0.29, 0.717) is 12.5 Å². The van der Waals surface area contributed by atoms with Gasteiger partial charge in [0.1, 0.15) is 0 Å². The molecule has 0 radical (unpaired) electrons. The molecular formula is C5H11O3S-. The fourth-order valence-electron chi connectivity index (χ4n) is 0.290. The Morgan fingerprint density at radius 3 is 2.67 bits per heavy atom. The fraction of sp³-hybridized carbons (Fsp3) is 1.00. The largest absolute Gasteiger partial charge is 0.750 e. The molecular weight excluding hydrogens is 140 g/mol. The third-order valence-corrected chi connectivity index (χ3v) is 1.47. The molecule has 0 aromatic heterocycles. The Kier molecular flexibility index (Phi) is 4.94. The second-order valence-electron chi connectivity index (χ2n) is 2.00. The smallest absolute Gasteiger partial charge is 0.0842 e. The highest BCUT2D eigenvalue weighted by Gasteiger charge is 1.96. The average molecular weight is 151 g/mol. The standard InChI is InChI=1S/C5H12O3S/c1-3-5(2)4-8-9(6)7/h5H,3-4H2,1-2H3,(H,6,7)/p-1. The summed E-state index contributed by atoms with van der Waals surface area (Å²) in [7, 11) is 0. The van der Waals surface area contributed by atoms with Gasteiger partial charge in [0.15, 0.2) is 0 Å². The maximum absolute atomic E-state index is 9.80. The predicted octanol–water partition coefficient (Wildman–Crippen LogP) is 0.843. The first kappa shape index (κ1) is 9.07. The van der Waals surface area contributed by atoms with Crippen LogP contribution in [0.15, 0.2) is 0 Å². The summed E-state index contributed by atoms with van der Waals surface area (Å²) in [4.78, 5) is 0. The van der Waals surface area contributed by atoms with Gasteiger partial charge >= 0.3 is 0 Å². The Hall–Kier alpha value is 0.0700. The summed E-state index contributed by atoms with van der Waals surface area (Å²) in [6, 6.07) is 0. The third-order valence-electron chi connectivity index (χ3n) is 1.15. The van der Waals surface area contributed by atoms with Gasteiger partial charge in [-0.3, -0.25) is 0 Å². The normalized spacial score (nSPS) is 17.2. The molecule has 0 aliphatic rings. The van der Waals surface area contributed by atoms with Gasteiger partial charge in [0.05, 0.1) is 18.0 Å². The lowest BCUT2D eigenvalue weighted by molar-refractivity contribution is 0.250. The quantitative estimate of drug-likeness (QED) is 0.559. The second-order valence-corrected chi connectivity index (χ2v) is 2.65. The molecule has 2 atom stereocenters. The van der Waals surface area contributed by atoms with Crippen LogP contribution in [0.3, 0.4) is 0 Å². The van der Waals surface area contributed by atoms with Crippen LogP contribution in [0.2, 0.25) is 0 Å². The molecule has 0 aliphatic carbocycles. The van der Waals surface area contributed by atoms with E-state index in [0.717, 1.165) is 6.42 Å². The first-order valence-electron chi connectivity index (χ1n) is 2.89. The number of rotatable bonds is 4. The van der Waals surface area contributed by atoms with Gasteiger partial charge in [-0.2, -0.15) is 0 Å². The van der Waals surface area contributed by atoms with Gasteiger partial charge in [-0.15, -0.1) is 0 Å². The SMILES string of the molecule is CCC(C)COS(=O)[O-]. The van der Waals surface area contributed by atoms with E-state index in [2.05, 4.69) is 4.18 Å². The lowest BCUT2D eigenvalue weighted by atomic mass is 10.1. The summed E-state index contributed by atoms with van der Waals surface area (Å²) in [6.07, 6.45) is 0.942. The zero-order chi connectivity index (χ0) is 7.28. The maximum Gasteiger partial charge on any atom is 0.0842 e. The van der Waals surface area contributed by atoms with Crippen molar-refractivity contribution < 1.29 is 12.9 Å². The van der Waals surface area contributed by atoms with Gasteiger partial charge in [-0.1, -0.05) is 20.3 Å². The molecule has 0 aliphatic heterocycles. The zero-order valence-electron chi connectivity index (χ0n) is 5.62. The Morgan fingerprint density at radius 1 is 1.78 bits per heavy atom. The van der Waals surface area contributed by atoms with Gasteiger partial charge in [0.25, 0.3) is 0 Å². The van der Waals surface area contributed by atoms with Crippen molar-refractivity contribution >= 4 is 11.4 Å². The minimum Gasteiger partial charge on any atom is -0.750 e. The summed E-state index contributed by atoms with van der Waals surface area (Å²) < 4.78 is 23.9. The van der Waals surface area contributed by atoms with Gasteiger partial charge < -0.3 is 8.74 Å². The Bertz CT molecular complexity index is 94.2. The lowest BCUT2D eigenvalue weighted by Gasteiger charge is -2.09. The van der Waals surface area contributed by atoms with E-state index in [-0.39, 0.29) is 0 Å². The molecule has 4 heteroatoms. The molecule has 0 aromatic rings. The van der Waals surface area contributed by atoms with Crippen LogP contribution < -0.4 is 0 Å². The summed E-state index contributed by atoms with van der Waals surface area (Å²) in [5, 5.41) is 0. The summed E-state index contributed by atoms with van der Waals surface area (Å²) in [5.74, 6) is 0.322. The minimum absolute atomic E-state index is 0.298. The van der Waals surface area contributed by atoms with Crippen LogP contribution in [-0.4, -0.2) is 15.4 Å². The Labute approximate surface area is 57.9 Å². The third kappa shape index (κ3) is 5.95. The molecule has 56 valence electrons. The van der Waals surface area contributed by atoms with Gasteiger partial charge in [0, 0.05) is 0 Å². The topological polar surface area (TPSA) is 49.4 Å². The van der Waals surface area contributed by atoms with E-state index < -0.39 is 11.4 Å². The average Bonchev–Trinajstić information content (AvgIpc) is 1.83. The predicted molar refractivity (Wildman–Crippen MR) is 34.3 cm³/mol. The van der Waals surface area contributed by atoms with Crippen molar-refractivity contribution in [3.8, 4) is 0 Å². The zero-order valence-corrected chi connectivity index (χ0v) is 6.44. The minimum atomic E-state index is -2.34. The summed E-state index contributed by atoms with van der Waals surface area (Å²) in [6.45, 7) is 4.22. The van der Waals surface area contributed by atoms with Crippen molar-refractivity contribution in [3.63, 3.8) is 0 Å². The molecule has 0 bridgehead atoms. The van der Waals surface area contributed by atoms with Crippen molar-refractivity contribution in [1.82, 2.24) is 0 Å². The van der Waals surface area contributed by atoms with Crippen LogP contribution in [0, 0.1) is 5.92 Å². The van der Waals surface area contributed by atoms with Crippen molar-refractivity contribution in [3.05, 3.63) is 0 Å². The maximum atomic E-state index is 9.80. The van der Waals surface area contributed by atoms with E-state index in [1.807, 2.05) is 13.8 Å². The molecule has 0 saturated heterocycles. The van der Waals surface area contributed by atoms with E-state index in [1.54, 1.807) is 0 Å². The van der Waals surface area contributed by atoms with Crippen LogP contribution in [-0.2, 0) is 15.5 Å². The highest BCUT2D eigenvalue weighted by molar-refractivity contribution is 7.74. The molecule has 0 fully saturated rings. The van der Waals surface area contributed by atoms with E-state index in [1.165, 1.54) is 0 Å². The van der Waals surface area contributed by atoms with Crippen LogP contribution in [0.4, 0.5) is 0 Å². The van der Waals surface area contributed by atoms with E-state index >= 15 is 0 Å². The van der Waals surface area contributed by atoms with Gasteiger partial charge in [-0.25, -0.2) is 4.21 Å². The summed E-state index contributed by atoms with van der Waals surface area (Å²) in [5.41, 5.74) is 0. The molecule has 0 N–H and O–H groups in total. The van der Waals surface area contributed by atoms with Crippen molar-refractivity contribution in [1.29, 1.82) is 0 Å². The molecule has 0 rings (SSSR count). The van der Waals surface area contributed by atoms with Crippen molar-refractivity contribution in [2.45, 2.75) is 20.3 Å². The number of hydrogen-bond acceptors (Lipinski definition) is 3. The molecule has 3 nitrogen and oxygen atoms in total. The fourth-order valence-corrected chi connectivity index (χ4v) is 0.633. The van der Waals surface area contributed by atoms with Gasteiger partial charge in [-0.05, 0) is 5.92 Å². The first-order valence-corrected chi connectivity index (χ1v) is 3.89. The molecule has 0 saturated carbocycles. The second kappa shape index (κ2) is 4.90. The van der Waals surface area contributed by atoms with E-state index in [9.17, 15) is 8.76 Å². The lowest BCUT2D eigenvalue weighted by Crippen LogP contribution is -2.05. The monoisotopic (exact) mass is 151 g/mol. The molecule has 0 heterocycles. The Morgan fingerprint density at radius 2 is 2.33 bits per heavy atom. The van der Waals surface area contributed by atoms with Crippen LogP contribution in [0.25, 0.3) is 0 Å². The van der Waals surface area contributed by atoms with Crippen molar-refractivity contribution in [2.24, 2.45) is 5.92 Å². The molecule has 0 spiro atoms. The van der Waals surface area contributed by atoms with Crippen molar-refractivity contribution in [2.75, 3.05) is 6.61 Å². The van der Waals surface area contributed by atoms with Gasteiger partial charge in [0.2, 0.25) is 0 Å². The molecule has 0 amide bonds. The van der Waals surface area contributed by atoms with Crippen LogP contribution in [0.5, 0.6) is 0 Å². The molecule has 0 aromatic carbocycles. The summed E-state index contributed by atoms with van der Waals surface area (Å²) >= 11 is -2.34. The van der Waals surface area contributed by atoms with E-state index in [4.69, 9.17) is 0 Å². The first-order chi connectivity index (χ1) is 4.16.